The summed E-state index contributed by atoms with van der Waals surface area (Å²) in [6.45, 7) is 1.91. The second-order valence-corrected chi connectivity index (χ2v) is 6.89. The first-order valence-corrected chi connectivity index (χ1v) is 7.29. The average molecular weight is 284 g/mol. The summed E-state index contributed by atoms with van der Waals surface area (Å²) in [4.78, 5) is 11.2. The number of hydrogen-bond acceptors (Lipinski definition) is 4. The maximum absolute atomic E-state index is 12.4. The van der Waals surface area contributed by atoms with Crippen LogP contribution >= 0.6 is 0 Å². The van der Waals surface area contributed by atoms with Crippen molar-refractivity contribution in [3.63, 3.8) is 0 Å². The second-order valence-electron chi connectivity index (χ2n) is 4.98. The number of amides is 1. The van der Waals surface area contributed by atoms with Crippen molar-refractivity contribution in [2.75, 3.05) is 13.1 Å². The summed E-state index contributed by atoms with van der Waals surface area (Å²) >= 11 is 0. The van der Waals surface area contributed by atoms with Crippen molar-refractivity contribution in [3.8, 4) is 5.75 Å². The standard InChI is InChI=1S/C12H16N2O4S/c1-12(11(13)16)6-7-14(8-12)19(17,18)10-5-3-2-4-9(10)15/h2-5,15H,6-8H2,1H3,(H2,13,16). The van der Waals surface area contributed by atoms with Gasteiger partial charge in [-0.15, -0.1) is 0 Å². The van der Waals surface area contributed by atoms with E-state index in [-0.39, 0.29) is 23.7 Å². The molecule has 0 aliphatic carbocycles. The normalized spacial score (nSPS) is 24.5. The van der Waals surface area contributed by atoms with Gasteiger partial charge in [0.1, 0.15) is 10.6 Å². The fourth-order valence-electron chi connectivity index (χ4n) is 2.14. The van der Waals surface area contributed by atoms with Crippen LogP contribution in [0, 0.1) is 5.41 Å². The van der Waals surface area contributed by atoms with E-state index in [1.54, 1.807) is 13.0 Å². The van der Waals surface area contributed by atoms with Crippen molar-refractivity contribution in [1.29, 1.82) is 0 Å². The second kappa shape index (κ2) is 4.50. The Hall–Kier alpha value is -1.60. The molecule has 1 aromatic carbocycles. The molecule has 104 valence electrons. The molecule has 1 atom stereocenters. The van der Waals surface area contributed by atoms with Gasteiger partial charge in [0.2, 0.25) is 15.9 Å². The molecule has 1 aliphatic rings. The first kappa shape index (κ1) is 13.8. The highest BCUT2D eigenvalue weighted by atomic mass is 32.2. The number of sulfonamides is 1. The van der Waals surface area contributed by atoms with Gasteiger partial charge in [-0.25, -0.2) is 8.42 Å². The first-order chi connectivity index (χ1) is 8.77. The third-order valence-electron chi connectivity index (χ3n) is 3.52. The quantitative estimate of drug-likeness (QED) is 0.832. The number of nitrogens with two attached hydrogens (primary N) is 1. The molecule has 1 fully saturated rings. The Morgan fingerprint density at radius 2 is 2.05 bits per heavy atom. The van der Waals surface area contributed by atoms with Gasteiger partial charge >= 0.3 is 0 Å². The third kappa shape index (κ3) is 2.31. The van der Waals surface area contributed by atoms with Gasteiger partial charge in [-0.3, -0.25) is 4.79 Å². The van der Waals surface area contributed by atoms with E-state index in [4.69, 9.17) is 5.73 Å². The fourth-order valence-corrected chi connectivity index (χ4v) is 3.79. The lowest BCUT2D eigenvalue weighted by atomic mass is 9.89. The Kier molecular flexibility index (Phi) is 3.27. The summed E-state index contributed by atoms with van der Waals surface area (Å²) in [5.74, 6) is -0.808. The average Bonchev–Trinajstić information content (AvgIpc) is 2.74. The van der Waals surface area contributed by atoms with E-state index >= 15 is 0 Å². The van der Waals surface area contributed by atoms with E-state index < -0.39 is 21.3 Å². The molecule has 0 bridgehead atoms. The van der Waals surface area contributed by atoms with Crippen molar-refractivity contribution in [2.45, 2.75) is 18.2 Å². The Bertz CT molecular complexity index is 614. The third-order valence-corrected chi connectivity index (χ3v) is 5.41. The molecule has 19 heavy (non-hydrogen) atoms. The number of phenolic OH excluding ortho intramolecular Hbond substituents is 1. The van der Waals surface area contributed by atoms with Crippen LogP contribution in [0.15, 0.2) is 29.2 Å². The van der Waals surface area contributed by atoms with Crippen LogP contribution in [0.4, 0.5) is 0 Å². The summed E-state index contributed by atoms with van der Waals surface area (Å²) in [7, 11) is -3.80. The number of aromatic hydroxyl groups is 1. The highest BCUT2D eigenvalue weighted by molar-refractivity contribution is 7.89. The van der Waals surface area contributed by atoms with E-state index in [0.717, 1.165) is 0 Å². The Labute approximate surface area is 111 Å². The van der Waals surface area contributed by atoms with Crippen molar-refractivity contribution >= 4 is 15.9 Å². The molecule has 1 unspecified atom stereocenters. The summed E-state index contributed by atoms with van der Waals surface area (Å²) in [6, 6.07) is 5.74. The van der Waals surface area contributed by atoms with Crippen LogP contribution < -0.4 is 5.73 Å². The molecule has 0 spiro atoms. The topological polar surface area (TPSA) is 101 Å². The van der Waals surface area contributed by atoms with Crippen molar-refractivity contribution < 1.29 is 18.3 Å². The number of primary amides is 1. The molecule has 1 heterocycles. The zero-order valence-electron chi connectivity index (χ0n) is 10.5. The van der Waals surface area contributed by atoms with Gasteiger partial charge in [-0.1, -0.05) is 12.1 Å². The molecule has 0 saturated carbocycles. The zero-order chi connectivity index (χ0) is 14.3. The van der Waals surface area contributed by atoms with Crippen LogP contribution in [0.5, 0.6) is 5.75 Å². The highest BCUT2D eigenvalue weighted by Gasteiger charge is 2.44. The molecule has 1 aromatic rings. The molecule has 0 aromatic heterocycles. The van der Waals surface area contributed by atoms with E-state index in [9.17, 15) is 18.3 Å². The van der Waals surface area contributed by atoms with Crippen LogP contribution in [0.2, 0.25) is 0 Å². The van der Waals surface area contributed by atoms with Gasteiger partial charge in [-0.2, -0.15) is 4.31 Å². The maximum Gasteiger partial charge on any atom is 0.246 e. The summed E-state index contributed by atoms with van der Waals surface area (Å²) in [5, 5.41) is 9.65. The molecule has 0 radical (unpaired) electrons. The van der Waals surface area contributed by atoms with Gasteiger partial charge in [0.25, 0.3) is 0 Å². The minimum atomic E-state index is -3.80. The van der Waals surface area contributed by atoms with E-state index in [1.807, 2.05) is 0 Å². The number of rotatable bonds is 3. The number of carbonyl (C=O) groups is 1. The summed E-state index contributed by atoms with van der Waals surface area (Å²) < 4.78 is 25.9. The first-order valence-electron chi connectivity index (χ1n) is 5.85. The van der Waals surface area contributed by atoms with Gasteiger partial charge in [0.05, 0.1) is 5.41 Å². The molecule has 3 N–H and O–H groups in total. The Morgan fingerprint density at radius 1 is 1.42 bits per heavy atom. The van der Waals surface area contributed by atoms with Gasteiger partial charge in [0.15, 0.2) is 0 Å². The summed E-state index contributed by atoms with van der Waals surface area (Å²) in [6.07, 6.45) is 0.384. The van der Waals surface area contributed by atoms with Crippen LogP contribution in [-0.4, -0.2) is 36.8 Å². The molecule has 1 saturated heterocycles. The monoisotopic (exact) mass is 284 g/mol. The zero-order valence-corrected chi connectivity index (χ0v) is 11.4. The van der Waals surface area contributed by atoms with Crippen molar-refractivity contribution in [1.82, 2.24) is 4.31 Å². The number of phenols is 1. The molecular weight excluding hydrogens is 268 g/mol. The minimum Gasteiger partial charge on any atom is -0.507 e. The molecule has 1 aliphatic heterocycles. The van der Waals surface area contributed by atoms with Gasteiger partial charge in [-0.05, 0) is 25.5 Å². The molecule has 7 heteroatoms. The Morgan fingerprint density at radius 3 is 2.58 bits per heavy atom. The highest BCUT2D eigenvalue weighted by Crippen LogP contribution is 2.35. The molecule has 1 amide bonds. The predicted octanol–water partition coefficient (Wildman–Crippen LogP) is 0.278. The van der Waals surface area contributed by atoms with Crippen molar-refractivity contribution in [3.05, 3.63) is 24.3 Å². The van der Waals surface area contributed by atoms with Crippen LogP contribution in [0.1, 0.15) is 13.3 Å². The summed E-state index contributed by atoms with van der Waals surface area (Å²) in [5.41, 5.74) is 4.45. The van der Waals surface area contributed by atoms with Crippen molar-refractivity contribution in [2.24, 2.45) is 11.1 Å². The number of hydrogen-bond donors (Lipinski definition) is 2. The maximum atomic E-state index is 12.4. The van der Waals surface area contributed by atoms with Crippen LogP contribution in [0.25, 0.3) is 0 Å². The fraction of sp³-hybridized carbons (Fsp3) is 0.417. The van der Waals surface area contributed by atoms with E-state index in [2.05, 4.69) is 0 Å². The SMILES string of the molecule is CC1(C(N)=O)CCN(S(=O)(=O)c2ccccc2O)C1. The minimum absolute atomic E-state index is 0.0407. The lowest BCUT2D eigenvalue weighted by Crippen LogP contribution is -2.38. The predicted molar refractivity (Wildman–Crippen MR) is 68.8 cm³/mol. The molecular formula is C12H16N2O4S. The van der Waals surface area contributed by atoms with Gasteiger partial charge < -0.3 is 10.8 Å². The lowest BCUT2D eigenvalue weighted by Gasteiger charge is -2.21. The van der Waals surface area contributed by atoms with Crippen LogP contribution in [0.3, 0.4) is 0 Å². The number of para-hydroxylation sites is 1. The number of benzene rings is 1. The number of carbonyl (C=O) groups excluding carboxylic acids is 1. The number of nitrogens with zero attached hydrogens (tertiary/aromatic N) is 1. The largest absolute Gasteiger partial charge is 0.507 e. The molecule has 6 nitrogen and oxygen atoms in total. The van der Waals surface area contributed by atoms with E-state index in [0.29, 0.717) is 6.42 Å². The smallest absolute Gasteiger partial charge is 0.246 e. The van der Waals surface area contributed by atoms with E-state index in [1.165, 1.54) is 22.5 Å². The lowest BCUT2D eigenvalue weighted by molar-refractivity contribution is -0.126. The Balaban J connectivity index is 2.34. The molecule has 2 rings (SSSR count). The van der Waals surface area contributed by atoms with Gasteiger partial charge in [0, 0.05) is 13.1 Å². The van der Waals surface area contributed by atoms with Crippen LogP contribution in [-0.2, 0) is 14.8 Å².